The van der Waals surface area contributed by atoms with Gasteiger partial charge in [0, 0.05) is 5.39 Å². The Kier molecular flexibility index (Phi) is 1.81. The van der Waals surface area contributed by atoms with Crippen molar-refractivity contribution in [3.63, 3.8) is 0 Å². The van der Waals surface area contributed by atoms with Gasteiger partial charge in [-0.25, -0.2) is 4.89 Å². The molecule has 0 saturated heterocycles. The number of benzene rings is 1. The number of hydrogen-bond acceptors (Lipinski definition) is 3. The van der Waals surface area contributed by atoms with Crippen LogP contribution in [0, 0.1) is 0 Å². The third-order valence-electron chi connectivity index (χ3n) is 1.75. The number of rotatable bonds is 2. The van der Waals surface area contributed by atoms with Crippen molar-refractivity contribution in [3.05, 3.63) is 36.1 Å². The zero-order valence-corrected chi connectivity index (χ0v) is 6.36. The van der Waals surface area contributed by atoms with E-state index in [0.717, 1.165) is 16.5 Å². The Morgan fingerprint density at radius 3 is 3.08 bits per heavy atom. The van der Waals surface area contributed by atoms with Crippen molar-refractivity contribution in [1.29, 1.82) is 0 Å². The normalized spacial score (nSPS) is 10.8. The van der Waals surface area contributed by atoms with Gasteiger partial charge in [0.25, 0.3) is 0 Å². The highest BCUT2D eigenvalue weighted by atomic mass is 17.1. The summed E-state index contributed by atoms with van der Waals surface area (Å²) in [5, 5.41) is 9.24. The van der Waals surface area contributed by atoms with Crippen LogP contribution in [-0.4, -0.2) is 5.26 Å². The zero-order valence-electron chi connectivity index (χ0n) is 6.36. The lowest BCUT2D eigenvalue weighted by atomic mass is 10.2. The predicted molar refractivity (Wildman–Crippen MR) is 43.6 cm³/mol. The average Bonchev–Trinajstić information content (AvgIpc) is 2.51. The quantitative estimate of drug-likeness (QED) is 0.547. The SMILES string of the molecule is OOCc1ccc2occc2c1. The molecular formula is C9H8O3. The van der Waals surface area contributed by atoms with E-state index in [1.807, 2.05) is 24.3 Å². The summed E-state index contributed by atoms with van der Waals surface area (Å²) in [5.74, 6) is 0. The zero-order chi connectivity index (χ0) is 8.39. The largest absolute Gasteiger partial charge is 0.464 e. The first-order valence-electron chi connectivity index (χ1n) is 3.62. The van der Waals surface area contributed by atoms with Gasteiger partial charge in [-0.2, -0.15) is 0 Å². The lowest BCUT2D eigenvalue weighted by Crippen LogP contribution is -1.85. The molecule has 1 N–H and O–H groups in total. The van der Waals surface area contributed by atoms with Gasteiger partial charge in [0.2, 0.25) is 0 Å². The van der Waals surface area contributed by atoms with E-state index in [0.29, 0.717) is 0 Å². The molecule has 0 aliphatic carbocycles. The molecular weight excluding hydrogens is 156 g/mol. The van der Waals surface area contributed by atoms with Crippen LogP contribution in [0.5, 0.6) is 0 Å². The summed E-state index contributed by atoms with van der Waals surface area (Å²) in [6, 6.07) is 7.48. The van der Waals surface area contributed by atoms with Crippen LogP contribution in [0.4, 0.5) is 0 Å². The smallest absolute Gasteiger partial charge is 0.133 e. The lowest BCUT2D eigenvalue weighted by Gasteiger charge is -1.96. The Hall–Kier alpha value is -1.32. The molecule has 0 aliphatic heterocycles. The van der Waals surface area contributed by atoms with Gasteiger partial charge in [-0.1, -0.05) is 6.07 Å². The number of fused-ring (bicyclic) bond motifs is 1. The molecule has 0 radical (unpaired) electrons. The van der Waals surface area contributed by atoms with Gasteiger partial charge in [0.15, 0.2) is 0 Å². The maximum absolute atomic E-state index is 8.22. The summed E-state index contributed by atoms with van der Waals surface area (Å²) in [6.07, 6.45) is 1.63. The summed E-state index contributed by atoms with van der Waals surface area (Å²) < 4.78 is 5.15. The van der Waals surface area contributed by atoms with Gasteiger partial charge in [0.05, 0.1) is 6.26 Å². The van der Waals surface area contributed by atoms with Crippen LogP contribution in [0.25, 0.3) is 11.0 Å². The Balaban J connectivity index is 2.46. The molecule has 0 saturated carbocycles. The van der Waals surface area contributed by atoms with Crippen LogP contribution in [0.2, 0.25) is 0 Å². The molecule has 0 unspecified atom stereocenters. The minimum Gasteiger partial charge on any atom is -0.464 e. The molecule has 0 atom stereocenters. The van der Waals surface area contributed by atoms with E-state index in [2.05, 4.69) is 4.89 Å². The van der Waals surface area contributed by atoms with Gasteiger partial charge < -0.3 is 4.42 Å². The molecule has 2 aromatic rings. The highest BCUT2D eigenvalue weighted by Crippen LogP contribution is 2.16. The van der Waals surface area contributed by atoms with Gasteiger partial charge in [-0.15, -0.1) is 0 Å². The molecule has 0 amide bonds. The molecule has 0 spiro atoms. The van der Waals surface area contributed by atoms with Crippen molar-refractivity contribution < 1.29 is 14.6 Å². The topological polar surface area (TPSA) is 42.6 Å². The van der Waals surface area contributed by atoms with Crippen LogP contribution < -0.4 is 0 Å². The van der Waals surface area contributed by atoms with E-state index >= 15 is 0 Å². The molecule has 0 aliphatic rings. The summed E-state index contributed by atoms with van der Waals surface area (Å²) >= 11 is 0. The second-order valence-corrected chi connectivity index (χ2v) is 2.57. The van der Waals surface area contributed by atoms with E-state index in [-0.39, 0.29) is 6.61 Å². The highest BCUT2D eigenvalue weighted by molar-refractivity contribution is 5.77. The average molecular weight is 164 g/mol. The maximum Gasteiger partial charge on any atom is 0.133 e. The van der Waals surface area contributed by atoms with Gasteiger partial charge in [-0.3, -0.25) is 5.26 Å². The monoisotopic (exact) mass is 164 g/mol. The van der Waals surface area contributed by atoms with Crippen LogP contribution in [0.15, 0.2) is 34.9 Å². The molecule has 62 valence electrons. The molecule has 3 heteroatoms. The van der Waals surface area contributed by atoms with Crippen LogP contribution in [0.1, 0.15) is 5.56 Å². The third kappa shape index (κ3) is 1.20. The first-order valence-corrected chi connectivity index (χ1v) is 3.62. The van der Waals surface area contributed by atoms with Gasteiger partial charge in [0.1, 0.15) is 12.2 Å². The molecule has 1 heterocycles. The van der Waals surface area contributed by atoms with Crippen molar-refractivity contribution in [2.24, 2.45) is 0 Å². The van der Waals surface area contributed by atoms with E-state index in [1.54, 1.807) is 6.26 Å². The Bertz CT molecular complexity index is 378. The standard InChI is InChI=1S/C9H8O3/c10-12-6-7-1-2-9-8(5-7)3-4-11-9/h1-5,10H,6H2. The first-order chi connectivity index (χ1) is 5.90. The van der Waals surface area contributed by atoms with Crippen molar-refractivity contribution >= 4 is 11.0 Å². The Morgan fingerprint density at radius 1 is 1.33 bits per heavy atom. The predicted octanol–water partition coefficient (Wildman–Crippen LogP) is 2.42. The third-order valence-corrected chi connectivity index (χ3v) is 1.75. The minimum absolute atomic E-state index is 0.209. The summed E-state index contributed by atoms with van der Waals surface area (Å²) in [7, 11) is 0. The molecule has 2 rings (SSSR count). The number of furan rings is 1. The molecule has 12 heavy (non-hydrogen) atoms. The van der Waals surface area contributed by atoms with Crippen molar-refractivity contribution in [2.75, 3.05) is 0 Å². The first kappa shape index (κ1) is 7.34. The van der Waals surface area contributed by atoms with Crippen LogP contribution in [0.3, 0.4) is 0 Å². The minimum atomic E-state index is 0.209. The van der Waals surface area contributed by atoms with Crippen LogP contribution >= 0.6 is 0 Å². The summed E-state index contributed by atoms with van der Waals surface area (Å²) in [5.41, 5.74) is 1.77. The summed E-state index contributed by atoms with van der Waals surface area (Å²) in [4.78, 5) is 4.02. The molecule has 0 bridgehead atoms. The maximum atomic E-state index is 8.22. The van der Waals surface area contributed by atoms with E-state index in [9.17, 15) is 0 Å². The fourth-order valence-corrected chi connectivity index (χ4v) is 1.18. The van der Waals surface area contributed by atoms with E-state index in [4.69, 9.17) is 9.67 Å². The molecule has 1 aromatic heterocycles. The van der Waals surface area contributed by atoms with E-state index < -0.39 is 0 Å². The van der Waals surface area contributed by atoms with Gasteiger partial charge >= 0.3 is 0 Å². The summed E-state index contributed by atoms with van der Waals surface area (Å²) in [6.45, 7) is 0.209. The van der Waals surface area contributed by atoms with Crippen molar-refractivity contribution in [2.45, 2.75) is 6.61 Å². The van der Waals surface area contributed by atoms with Crippen molar-refractivity contribution in [1.82, 2.24) is 0 Å². The van der Waals surface area contributed by atoms with E-state index in [1.165, 1.54) is 0 Å². The Morgan fingerprint density at radius 2 is 2.25 bits per heavy atom. The van der Waals surface area contributed by atoms with Gasteiger partial charge in [-0.05, 0) is 23.8 Å². The number of hydrogen-bond donors (Lipinski definition) is 1. The molecule has 0 fully saturated rings. The highest BCUT2D eigenvalue weighted by Gasteiger charge is 1.97. The fourth-order valence-electron chi connectivity index (χ4n) is 1.18. The van der Waals surface area contributed by atoms with Crippen molar-refractivity contribution in [3.8, 4) is 0 Å². The molecule has 3 nitrogen and oxygen atoms in total. The Labute approximate surface area is 69.1 Å². The second kappa shape index (κ2) is 2.97. The van der Waals surface area contributed by atoms with Crippen LogP contribution in [-0.2, 0) is 11.5 Å². The molecule has 1 aromatic carbocycles. The second-order valence-electron chi connectivity index (χ2n) is 2.57. The lowest BCUT2D eigenvalue weighted by molar-refractivity contribution is -0.252. The fraction of sp³-hybridized carbons (Fsp3) is 0.111.